The van der Waals surface area contributed by atoms with Gasteiger partial charge in [-0.2, -0.15) is 0 Å². The van der Waals surface area contributed by atoms with Gasteiger partial charge in [0.2, 0.25) is 0 Å². The first kappa shape index (κ1) is 12.4. The maximum atomic E-state index is 13.3. The molecule has 5 heteroatoms. The molecule has 2 rings (SSSR count). The van der Waals surface area contributed by atoms with E-state index in [-0.39, 0.29) is 12.4 Å². The second-order valence-electron chi connectivity index (χ2n) is 3.79. The van der Waals surface area contributed by atoms with Crippen molar-refractivity contribution in [3.63, 3.8) is 0 Å². The highest BCUT2D eigenvalue weighted by molar-refractivity contribution is 5.29. The molecule has 0 aliphatic carbocycles. The molecule has 1 heterocycles. The molecule has 18 heavy (non-hydrogen) atoms. The van der Waals surface area contributed by atoms with E-state index in [2.05, 4.69) is 9.97 Å². The Morgan fingerprint density at radius 2 is 1.94 bits per heavy atom. The standard InChI is InChI=1S/C13H14FN3O/c14-11-6-10(2-3-15)7-12(8-11)18-9-13-16-4-1-5-17-13/h1,4-8H,2-3,9,15H2. The number of aromatic nitrogens is 2. The highest BCUT2D eigenvalue weighted by atomic mass is 19.1. The summed E-state index contributed by atoms with van der Waals surface area (Å²) >= 11 is 0. The van der Waals surface area contributed by atoms with Crippen molar-refractivity contribution in [2.45, 2.75) is 13.0 Å². The van der Waals surface area contributed by atoms with Crippen LogP contribution in [0.1, 0.15) is 11.4 Å². The van der Waals surface area contributed by atoms with E-state index in [9.17, 15) is 4.39 Å². The Kier molecular flexibility index (Phi) is 4.20. The summed E-state index contributed by atoms with van der Waals surface area (Å²) in [5.41, 5.74) is 6.26. The fraction of sp³-hybridized carbons (Fsp3) is 0.231. The van der Waals surface area contributed by atoms with Gasteiger partial charge in [0.25, 0.3) is 0 Å². The van der Waals surface area contributed by atoms with Crippen LogP contribution < -0.4 is 10.5 Å². The highest BCUT2D eigenvalue weighted by Gasteiger charge is 2.03. The van der Waals surface area contributed by atoms with Gasteiger partial charge in [-0.1, -0.05) is 0 Å². The topological polar surface area (TPSA) is 61.0 Å². The molecule has 1 aromatic carbocycles. The second kappa shape index (κ2) is 6.07. The molecular formula is C13H14FN3O. The second-order valence-corrected chi connectivity index (χ2v) is 3.79. The van der Waals surface area contributed by atoms with Crippen LogP contribution in [-0.2, 0) is 13.0 Å². The largest absolute Gasteiger partial charge is 0.485 e. The van der Waals surface area contributed by atoms with Gasteiger partial charge in [0.1, 0.15) is 18.2 Å². The van der Waals surface area contributed by atoms with E-state index >= 15 is 0 Å². The van der Waals surface area contributed by atoms with E-state index in [4.69, 9.17) is 10.5 Å². The molecule has 0 unspecified atom stereocenters. The summed E-state index contributed by atoms with van der Waals surface area (Å²) < 4.78 is 18.8. The molecule has 94 valence electrons. The van der Waals surface area contributed by atoms with Crippen molar-refractivity contribution >= 4 is 0 Å². The Labute approximate surface area is 105 Å². The third kappa shape index (κ3) is 3.49. The van der Waals surface area contributed by atoms with Crippen LogP contribution in [-0.4, -0.2) is 16.5 Å². The lowest BCUT2D eigenvalue weighted by Crippen LogP contribution is -2.04. The molecule has 0 aliphatic rings. The molecule has 2 N–H and O–H groups in total. The summed E-state index contributed by atoms with van der Waals surface area (Å²) in [4.78, 5) is 8.05. The first-order chi connectivity index (χ1) is 8.78. The molecule has 1 aromatic heterocycles. The van der Waals surface area contributed by atoms with Crippen molar-refractivity contribution in [1.82, 2.24) is 9.97 Å². The van der Waals surface area contributed by atoms with Gasteiger partial charge in [0.05, 0.1) is 0 Å². The minimum absolute atomic E-state index is 0.215. The van der Waals surface area contributed by atoms with Crippen LogP contribution in [0, 0.1) is 5.82 Å². The highest BCUT2D eigenvalue weighted by Crippen LogP contribution is 2.17. The smallest absolute Gasteiger partial charge is 0.166 e. The molecule has 0 fully saturated rings. The zero-order valence-corrected chi connectivity index (χ0v) is 9.84. The van der Waals surface area contributed by atoms with Crippen LogP contribution in [0.2, 0.25) is 0 Å². The van der Waals surface area contributed by atoms with Gasteiger partial charge in [-0.15, -0.1) is 0 Å². The molecule has 0 radical (unpaired) electrons. The number of rotatable bonds is 5. The third-order valence-electron chi connectivity index (χ3n) is 2.35. The van der Waals surface area contributed by atoms with Crippen LogP contribution in [0.3, 0.4) is 0 Å². The molecule has 0 atom stereocenters. The van der Waals surface area contributed by atoms with Gasteiger partial charge < -0.3 is 10.5 Å². The first-order valence-electron chi connectivity index (χ1n) is 5.66. The van der Waals surface area contributed by atoms with Crippen molar-refractivity contribution in [1.29, 1.82) is 0 Å². The SMILES string of the molecule is NCCc1cc(F)cc(OCc2ncccn2)c1. The van der Waals surface area contributed by atoms with E-state index < -0.39 is 0 Å². The Morgan fingerprint density at radius 3 is 2.67 bits per heavy atom. The van der Waals surface area contributed by atoms with Crippen LogP contribution >= 0.6 is 0 Å². The quantitative estimate of drug-likeness (QED) is 0.873. The fourth-order valence-electron chi connectivity index (χ4n) is 1.57. The first-order valence-corrected chi connectivity index (χ1v) is 5.66. The monoisotopic (exact) mass is 247 g/mol. The Bertz CT molecular complexity index is 505. The lowest BCUT2D eigenvalue weighted by molar-refractivity contribution is 0.294. The van der Waals surface area contributed by atoms with Gasteiger partial charge in [0, 0.05) is 18.5 Å². The Hall–Kier alpha value is -2.01. The van der Waals surface area contributed by atoms with Crippen molar-refractivity contribution in [3.8, 4) is 5.75 Å². The summed E-state index contributed by atoms with van der Waals surface area (Å²) in [5, 5.41) is 0. The Balaban J connectivity index is 2.05. The van der Waals surface area contributed by atoms with Gasteiger partial charge >= 0.3 is 0 Å². The number of hydrogen-bond acceptors (Lipinski definition) is 4. The normalized spacial score (nSPS) is 10.3. The van der Waals surface area contributed by atoms with Crippen molar-refractivity contribution in [2.75, 3.05) is 6.54 Å². The van der Waals surface area contributed by atoms with Crippen LogP contribution in [0.4, 0.5) is 4.39 Å². The number of ether oxygens (including phenoxy) is 1. The third-order valence-corrected chi connectivity index (χ3v) is 2.35. The number of halogens is 1. The van der Waals surface area contributed by atoms with Crippen LogP contribution in [0.25, 0.3) is 0 Å². The van der Waals surface area contributed by atoms with Crippen molar-refractivity contribution in [3.05, 3.63) is 53.9 Å². The minimum atomic E-state index is -0.329. The van der Waals surface area contributed by atoms with E-state index in [1.165, 1.54) is 12.1 Å². The van der Waals surface area contributed by atoms with E-state index in [1.54, 1.807) is 24.5 Å². The molecule has 2 aromatic rings. The number of hydrogen-bond donors (Lipinski definition) is 1. The maximum absolute atomic E-state index is 13.3. The van der Waals surface area contributed by atoms with Gasteiger partial charge in [0.15, 0.2) is 5.82 Å². The molecule has 0 amide bonds. The predicted molar refractivity (Wildman–Crippen MR) is 65.5 cm³/mol. The van der Waals surface area contributed by atoms with E-state index in [1.807, 2.05) is 0 Å². The van der Waals surface area contributed by atoms with Gasteiger partial charge in [-0.25, -0.2) is 14.4 Å². The summed E-state index contributed by atoms with van der Waals surface area (Å²) in [6.45, 7) is 0.692. The van der Waals surface area contributed by atoms with Gasteiger partial charge in [-0.3, -0.25) is 0 Å². The molecule has 0 spiro atoms. The molecular weight excluding hydrogens is 233 g/mol. The molecule has 0 aliphatic heterocycles. The average molecular weight is 247 g/mol. The zero-order chi connectivity index (χ0) is 12.8. The molecule has 0 saturated carbocycles. The van der Waals surface area contributed by atoms with Crippen molar-refractivity contribution < 1.29 is 9.13 Å². The van der Waals surface area contributed by atoms with Crippen molar-refractivity contribution in [2.24, 2.45) is 5.73 Å². The number of nitrogens with zero attached hydrogens (tertiary/aromatic N) is 2. The zero-order valence-electron chi connectivity index (χ0n) is 9.84. The molecule has 4 nitrogen and oxygen atoms in total. The van der Waals surface area contributed by atoms with E-state index in [0.717, 1.165) is 5.56 Å². The number of nitrogens with two attached hydrogens (primary N) is 1. The lowest BCUT2D eigenvalue weighted by atomic mass is 10.1. The maximum Gasteiger partial charge on any atom is 0.166 e. The molecule has 0 bridgehead atoms. The Morgan fingerprint density at radius 1 is 1.17 bits per heavy atom. The summed E-state index contributed by atoms with van der Waals surface area (Å²) in [6.07, 6.45) is 3.89. The summed E-state index contributed by atoms with van der Waals surface area (Å²) in [5.74, 6) is 0.693. The summed E-state index contributed by atoms with van der Waals surface area (Å²) in [7, 11) is 0. The predicted octanol–water partition coefficient (Wildman–Crippen LogP) is 1.70. The van der Waals surface area contributed by atoms with Crippen LogP contribution in [0.5, 0.6) is 5.75 Å². The molecule has 0 saturated heterocycles. The summed E-state index contributed by atoms with van der Waals surface area (Å²) in [6, 6.07) is 6.30. The van der Waals surface area contributed by atoms with Gasteiger partial charge in [-0.05, 0) is 36.7 Å². The minimum Gasteiger partial charge on any atom is -0.485 e. The average Bonchev–Trinajstić information content (AvgIpc) is 2.37. The van der Waals surface area contributed by atoms with E-state index in [0.29, 0.717) is 24.5 Å². The van der Waals surface area contributed by atoms with Crippen LogP contribution in [0.15, 0.2) is 36.7 Å². The number of benzene rings is 1. The fourth-order valence-corrected chi connectivity index (χ4v) is 1.57. The lowest BCUT2D eigenvalue weighted by Gasteiger charge is -2.07.